The molecule has 134 valence electrons. The summed E-state index contributed by atoms with van der Waals surface area (Å²) in [5.41, 5.74) is 4.86. The number of aromatic nitrogens is 2. The van der Waals surface area contributed by atoms with E-state index in [4.69, 9.17) is 4.74 Å². The molecule has 0 aliphatic carbocycles. The predicted molar refractivity (Wildman–Crippen MR) is 104 cm³/mol. The Hall–Kier alpha value is -2.66. The lowest BCUT2D eigenvalue weighted by atomic mass is 10.0. The van der Waals surface area contributed by atoms with E-state index in [-0.39, 0.29) is 5.43 Å². The van der Waals surface area contributed by atoms with Crippen molar-refractivity contribution in [2.24, 2.45) is 0 Å². The van der Waals surface area contributed by atoms with Crippen LogP contribution in [0.4, 0.5) is 5.82 Å². The van der Waals surface area contributed by atoms with Crippen LogP contribution in [0.3, 0.4) is 0 Å². The molecule has 3 heterocycles. The van der Waals surface area contributed by atoms with Gasteiger partial charge in [-0.25, -0.2) is 4.98 Å². The fourth-order valence-corrected chi connectivity index (χ4v) is 3.43. The summed E-state index contributed by atoms with van der Waals surface area (Å²) >= 11 is 0. The van der Waals surface area contributed by atoms with Gasteiger partial charge in [-0.05, 0) is 31.0 Å². The molecular formula is C21H23N3O2. The molecule has 1 N–H and O–H groups in total. The highest BCUT2D eigenvalue weighted by Crippen LogP contribution is 2.23. The van der Waals surface area contributed by atoms with Gasteiger partial charge in [0.15, 0.2) is 5.43 Å². The third kappa shape index (κ3) is 3.22. The van der Waals surface area contributed by atoms with Crippen LogP contribution in [0.1, 0.15) is 22.3 Å². The van der Waals surface area contributed by atoms with E-state index >= 15 is 0 Å². The molecule has 1 aliphatic rings. The summed E-state index contributed by atoms with van der Waals surface area (Å²) in [6, 6.07) is 10.3. The van der Waals surface area contributed by atoms with Crippen molar-refractivity contribution in [1.29, 1.82) is 0 Å². The van der Waals surface area contributed by atoms with E-state index < -0.39 is 0 Å². The van der Waals surface area contributed by atoms with Crippen LogP contribution in [0.2, 0.25) is 0 Å². The summed E-state index contributed by atoms with van der Waals surface area (Å²) in [5.74, 6) is 0.878. The quantitative estimate of drug-likeness (QED) is 0.790. The number of H-pyrrole nitrogens is 1. The zero-order valence-electron chi connectivity index (χ0n) is 15.2. The third-order valence-electron chi connectivity index (χ3n) is 4.89. The van der Waals surface area contributed by atoms with Gasteiger partial charge in [-0.2, -0.15) is 0 Å². The van der Waals surface area contributed by atoms with Crippen molar-refractivity contribution >= 4 is 16.9 Å². The number of ether oxygens (including phenoxy) is 1. The van der Waals surface area contributed by atoms with Crippen molar-refractivity contribution in [3.63, 3.8) is 0 Å². The number of nitrogens with one attached hydrogen (secondary N) is 1. The first-order chi connectivity index (χ1) is 12.6. The van der Waals surface area contributed by atoms with Crippen LogP contribution in [0, 0.1) is 13.8 Å². The minimum absolute atomic E-state index is 0.0667. The van der Waals surface area contributed by atoms with Gasteiger partial charge < -0.3 is 14.6 Å². The SMILES string of the molecule is Cc1ccc(Cc2c(N3CCOCC3)[nH]c3ncc(C)cc3c2=O)cc1. The normalized spacial score (nSPS) is 14.8. The number of pyridine rings is 2. The summed E-state index contributed by atoms with van der Waals surface area (Å²) < 4.78 is 5.48. The standard InChI is InChI=1S/C21H23N3O2/c1-14-3-5-16(6-4-14)12-18-19(25)17-11-15(2)13-22-20(17)23-21(18)24-7-9-26-10-8-24/h3-6,11,13H,7-10,12H2,1-2H3,(H,22,23,25). The minimum atomic E-state index is 0.0667. The molecule has 5 heteroatoms. The first-order valence-corrected chi connectivity index (χ1v) is 9.01. The van der Waals surface area contributed by atoms with Gasteiger partial charge in [0.25, 0.3) is 0 Å². The zero-order chi connectivity index (χ0) is 18.1. The summed E-state index contributed by atoms with van der Waals surface area (Å²) in [4.78, 5) is 23.4. The molecule has 0 radical (unpaired) electrons. The van der Waals surface area contributed by atoms with Gasteiger partial charge in [0, 0.05) is 31.3 Å². The number of anilines is 1. The van der Waals surface area contributed by atoms with Crippen molar-refractivity contribution in [3.05, 3.63) is 69.0 Å². The van der Waals surface area contributed by atoms with Gasteiger partial charge in [-0.15, -0.1) is 0 Å². The van der Waals surface area contributed by atoms with Crippen LogP contribution in [0.25, 0.3) is 11.0 Å². The zero-order valence-corrected chi connectivity index (χ0v) is 15.2. The molecule has 4 rings (SSSR count). The second kappa shape index (κ2) is 6.92. The number of rotatable bonds is 3. The van der Waals surface area contributed by atoms with Crippen molar-refractivity contribution in [3.8, 4) is 0 Å². The molecular weight excluding hydrogens is 326 g/mol. The van der Waals surface area contributed by atoms with E-state index in [1.807, 2.05) is 13.0 Å². The van der Waals surface area contributed by atoms with Crippen LogP contribution < -0.4 is 10.3 Å². The van der Waals surface area contributed by atoms with E-state index in [1.54, 1.807) is 6.20 Å². The Labute approximate surface area is 152 Å². The molecule has 1 aromatic carbocycles. The van der Waals surface area contributed by atoms with Gasteiger partial charge in [-0.3, -0.25) is 4.79 Å². The molecule has 2 aromatic heterocycles. The average Bonchev–Trinajstić information content (AvgIpc) is 2.66. The number of morpholine rings is 1. The molecule has 0 unspecified atom stereocenters. The number of aryl methyl sites for hydroxylation is 2. The van der Waals surface area contributed by atoms with Gasteiger partial charge in [0.1, 0.15) is 11.5 Å². The van der Waals surface area contributed by atoms with Crippen LogP contribution >= 0.6 is 0 Å². The number of hydrogen-bond donors (Lipinski definition) is 1. The highest BCUT2D eigenvalue weighted by molar-refractivity contribution is 5.79. The first-order valence-electron chi connectivity index (χ1n) is 9.01. The second-order valence-corrected chi connectivity index (χ2v) is 6.95. The second-order valence-electron chi connectivity index (χ2n) is 6.95. The Morgan fingerprint density at radius 3 is 2.58 bits per heavy atom. The number of aromatic amines is 1. The fourth-order valence-electron chi connectivity index (χ4n) is 3.43. The van der Waals surface area contributed by atoms with Crippen LogP contribution in [-0.2, 0) is 11.2 Å². The third-order valence-corrected chi connectivity index (χ3v) is 4.89. The molecule has 1 saturated heterocycles. The molecule has 26 heavy (non-hydrogen) atoms. The van der Waals surface area contributed by atoms with E-state index in [0.29, 0.717) is 30.7 Å². The van der Waals surface area contributed by atoms with E-state index in [9.17, 15) is 4.79 Å². The average molecular weight is 349 g/mol. The lowest BCUT2D eigenvalue weighted by Gasteiger charge is -2.30. The molecule has 5 nitrogen and oxygen atoms in total. The molecule has 1 aliphatic heterocycles. The molecule has 0 bridgehead atoms. The Morgan fingerprint density at radius 1 is 1.12 bits per heavy atom. The maximum atomic E-state index is 13.3. The Bertz CT molecular complexity index is 987. The molecule has 0 saturated carbocycles. The summed E-state index contributed by atoms with van der Waals surface area (Å²) in [7, 11) is 0. The number of fused-ring (bicyclic) bond motifs is 1. The van der Waals surface area contributed by atoms with E-state index in [2.05, 4.69) is 46.1 Å². The Balaban J connectivity index is 1.87. The monoisotopic (exact) mass is 349 g/mol. The van der Waals surface area contributed by atoms with Crippen LogP contribution in [-0.4, -0.2) is 36.3 Å². The lowest BCUT2D eigenvalue weighted by molar-refractivity contribution is 0.122. The largest absolute Gasteiger partial charge is 0.378 e. The Morgan fingerprint density at radius 2 is 1.85 bits per heavy atom. The summed E-state index contributed by atoms with van der Waals surface area (Å²) in [6.45, 7) is 6.92. The topological polar surface area (TPSA) is 58.2 Å². The summed E-state index contributed by atoms with van der Waals surface area (Å²) in [6.07, 6.45) is 2.40. The lowest BCUT2D eigenvalue weighted by Crippen LogP contribution is -2.38. The van der Waals surface area contributed by atoms with Crippen molar-refractivity contribution in [2.45, 2.75) is 20.3 Å². The maximum absolute atomic E-state index is 13.3. The highest BCUT2D eigenvalue weighted by atomic mass is 16.5. The smallest absolute Gasteiger partial charge is 0.196 e. The van der Waals surface area contributed by atoms with Crippen molar-refractivity contribution < 1.29 is 4.74 Å². The summed E-state index contributed by atoms with van der Waals surface area (Å²) in [5, 5.41) is 0.657. The van der Waals surface area contributed by atoms with Gasteiger partial charge in [-0.1, -0.05) is 29.8 Å². The van der Waals surface area contributed by atoms with Crippen LogP contribution in [0.15, 0.2) is 41.3 Å². The van der Waals surface area contributed by atoms with E-state index in [0.717, 1.165) is 35.6 Å². The van der Waals surface area contributed by atoms with Crippen LogP contribution in [0.5, 0.6) is 0 Å². The first kappa shape index (κ1) is 16.8. The maximum Gasteiger partial charge on any atom is 0.196 e. The molecule has 3 aromatic rings. The van der Waals surface area contributed by atoms with Crippen molar-refractivity contribution in [1.82, 2.24) is 9.97 Å². The molecule has 0 spiro atoms. The van der Waals surface area contributed by atoms with Gasteiger partial charge >= 0.3 is 0 Å². The minimum Gasteiger partial charge on any atom is -0.378 e. The predicted octanol–water partition coefficient (Wildman–Crippen LogP) is 2.97. The van der Waals surface area contributed by atoms with Gasteiger partial charge in [0.2, 0.25) is 0 Å². The van der Waals surface area contributed by atoms with Gasteiger partial charge in [0.05, 0.1) is 18.6 Å². The number of benzene rings is 1. The van der Waals surface area contributed by atoms with Crippen molar-refractivity contribution in [2.75, 3.05) is 31.2 Å². The number of hydrogen-bond acceptors (Lipinski definition) is 4. The fraction of sp³-hybridized carbons (Fsp3) is 0.333. The number of nitrogens with zero attached hydrogens (tertiary/aromatic N) is 2. The van der Waals surface area contributed by atoms with E-state index in [1.165, 1.54) is 5.56 Å². The molecule has 1 fully saturated rings. The molecule has 0 amide bonds. The molecule has 0 atom stereocenters. The Kier molecular flexibility index (Phi) is 4.47. The highest BCUT2D eigenvalue weighted by Gasteiger charge is 2.20.